The van der Waals surface area contributed by atoms with Crippen molar-refractivity contribution < 1.29 is 76.0 Å². The molecule has 0 heterocycles. The lowest BCUT2D eigenvalue weighted by molar-refractivity contribution is -0.144. The van der Waals surface area contributed by atoms with E-state index in [0.717, 1.165) is 87.6 Å². The van der Waals surface area contributed by atoms with Crippen LogP contribution in [0.4, 0.5) is 4.79 Å². The Morgan fingerprint density at radius 3 is 0.732 bits per heavy atom. The van der Waals surface area contributed by atoms with Crippen LogP contribution in [0.1, 0.15) is 459 Å². The van der Waals surface area contributed by atoms with E-state index in [2.05, 4.69) is 86.9 Å². The van der Waals surface area contributed by atoms with Crippen LogP contribution >= 0.6 is 0 Å². The van der Waals surface area contributed by atoms with Crippen LogP contribution < -0.4 is 62.7 Å². The molecule has 0 saturated carbocycles. The van der Waals surface area contributed by atoms with Gasteiger partial charge in [0, 0.05) is 12.5 Å². The molecule has 8 rings (SSSR count). The molecule has 0 aromatic heterocycles. The van der Waals surface area contributed by atoms with E-state index in [-0.39, 0.29) is 39.5 Å². The summed E-state index contributed by atoms with van der Waals surface area (Å²) in [5.41, 5.74) is 6.30. The zero-order chi connectivity index (χ0) is 106. The number of carbonyl (C=O) groups excluding carboxylic acids is 3. The topological polar surface area (TPSA) is 195 Å². The summed E-state index contributed by atoms with van der Waals surface area (Å²) in [6.45, 7) is 20.3. The number of ether oxygens (including phenoxy) is 13. The van der Waals surface area contributed by atoms with Crippen molar-refractivity contribution in [1.29, 1.82) is 0 Å². The van der Waals surface area contributed by atoms with E-state index in [1.807, 2.05) is 127 Å². The fourth-order valence-corrected chi connectivity index (χ4v) is 18.6. The van der Waals surface area contributed by atoms with Crippen LogP contribution in [0.5, 0.6) is 63.2 Å². The highest BCUT2D eigenvalue weighted by Crippen LogP contribution is 2.36. The fraction of sp³-hybridized carbons (Fsp3) is 0.611. The minimum absolute atomic E-state index is 0.0765. The molecule has 0 spiro atoms. The monoisotopic (exact) mass is 2050 g/mol. The van der Waals surface area contributed by atoms with Crippen molar-refractivity contribution in [3.63, 3.8) is 0 Å². The first kappa shape index (κ1) is 124. The normalized spacial score (nSPS) is 11.8. The predicted octanol–water partition coefficient (Wildman–Crippen LogP) is 36.3. The second-order valence-electron chi connectivity index (χ2n) is 42.6. The van der Waals surface area contributed by atoms with Gasteiger partial charge < -0.3 is 72.2 Å². The molecule has 8 aromatic carbocycles. The summed E-state index contributed by atoms with van der Waals surface area (Å²) in [5.74, 6) is 6.12. The van der Waals surface area contributed by atoms with Gasteiger partial charge in [-0.25, -0.2) is 9.59 Å². The number of esters is 1. The van der Waals surface area contributed by atoms with Crippen molar-refractivity contribution in [2.75, 3.05) is 33.5 Å². The van der Waals surface area contributed by atoms with Gasteiger partial charge in [-0.05, 0) is 195 Å². The molecule has 0 radical (unpaired) electrons. The van der Waals surface area contributed by atoms with E-state index in [1.165, 1.54) is 348 Å². The van der Waals surface area contributed by atoms with E-state index in [9.17, 15) is 14.4 Å². The summed E-state index contributed by atoms with van der Waals surface area (Å²) < 4.78 is 82.6. The smallest absolute Gasteiger partial charge is 0.408 e. The summed E-state index contributed by atoms with van der Waals surface area (Å²) in [4.78, 5) is 39.3. The Kier molecular flexibility index (Phi) is 66.3. The molecule has 0 aliphatic carbocycles. The second-order valence-corrected chi connectivity index (χ2v) is 42.6. The average Bonchev–Trinajstić information content (AvgIpc) is 0.830. The molecular formula is C131H196N2O16. The van der Waals surface area contributed by atoms with Crippen LogP contribution in [-0.4, -0.2) is 69.2 Å². The zero-order valence-electron chi connectivity index (χ0n) is 94.0. The lowest BCUT2D eigenvalue weighted by atomic mass is 10.0. The van der Waals surface area contributed by atoms with E-state index < -0.39 is 35.7 Å². The highest BCUT2D eigenvalue weighted by atomic mass is 16.6. The third-order valence-electron chi connectivity index (χ3n) is 27.8. The number of rotatable bonds is 91. The first-order valence-corrected chi connectivity index (χ1v) is 59.2. The molecule has 2 unspecified atom stereocenters. The van der Waals surface area contributed by atoms with Crippen LogP contribution in [0.3, 0.4) is 0 Å². The minimum Gasteiger partial charge on any atom is -0.494 e. The molecule has 18 nitrogen and oxygen atoms in total. The lowest BCUT2D eigenvalue weighted by Gasteiger charge is -2.24. The molecule has 8 aromatic rings. The molecule has 0 fully saturated rings. The number of unbranched alkanes of at least 4 members (excludes halogenated alkanes) is 52. The number of amides is 2. The van der Waals surface area contributed by atoms with Gasteiger partial charge in [-0.2, -0.15) is 0 Å². The van der Waals surface area contributed by atoms with Crippen LogP contribution in [0, 0.1) is 0 Å². The predicted molar refractivity (Wildman–Crippen MR) is 612 cm³/mol. The van der Waals surface area contributed by atoms with E-state index in [1.54, 1.807) is 20.8 Å². The molecule has 0 aliphatic rings. The average molecular weight is 2060 g/mol. The Morgan fingerprint density at radius 1 is 0.235 bits per heavy atom. The Morgan fingerprint density at radius 2 is 0.463 bits per heavy atom. The summed E-state index contributed by atoms with van der Waals surface area (Å²) in [5, 5.41) is 5.37. The van der Waals surface area contributed by atoms with Gasteiger partial charge >= 0.3 is 12.1 Å². The molecule has 18 heteroatoms. The Labute approximate surface area is 901 Å². The molecular weight excluding hydrogens is 1860 g/mol. The van der Waals surface area contributed by atoms with Crippen molar-refractivity contribution in [3.8, 4) is 63.2 Å². The highest BCUT2D eigenvalue weighted by molar-refractivity contribution is 5.89. The molecule has 2 N–H and O–H groups in total. The van der Waals surface area contributed by atoms with Crippen LogP contribution in [0.25, 0.3) is 0 Å². The van der Waals surface area contributed by atoms with Crippen LogP contribution in [-0.2, 0) is 71.7 Å². The first-order chi connectivity index (χ1) is 73.0. The van der Waals surface area contributed by atoms with Gasteiger partial charge in [-0.3, -0.25) is 4.79 Å². The van der Waals surface area contributed by atoms with Gasteiger partial charge in [-0.1, -0.05) is 434 Å². The number of hydrogen-bond acceptors (Lipinski definition) is 16. The van der Waals surface area contributed by atoms with Crippen molar-refractivity contribution in [3.05, 3.63) is 220 Å². The quantitative estimate of drug-likeness (QED) is 0.0270. The Hall–Kier alpha value is -10.2. The van der Waals surface area contributed by atoms with Crippen LogP contribution in [0.15, 0.2) is 176 Å². The van der Waals surface area contributed by atoms with Gasteiger partial charge in [0.05, 0.1) is 33.5 Å². The summed E-state index contributed by atoms with van der Waals surface area (Å²) in [6, 6.07) is 55.7. The Balaban J connectivity index is 0.970. The summed E-state index contributed by atoms with van der Waals surface area (Å²) >= 11 is 0. The number of benzene rings is 8. The molecule has 0 saturated heterocycles. The molecule has 0 bridgehead atoms. The van der Waals surface area contributed by atoms with Gasteiger partial charge in [0.2, 0.25) is 5.91 Å². The molecule has 0 aliphatic heterocycles. The van der Waals surface area contributed by atoms with E-state index in [4.69, 9.17) is 61.6 Å². The SMILES string of the molecule is CCCCCCCCCCCCCCCCOc1ccc(COc2ccc(COc3cc(COc4ccc(CC(NC(=O)OC(C)(C)C)C(=O)NC(C)C(=O)OC)cc4)cc(OCc4ccc(OCc5ccc(OCCCCCCCCCCCCCCCC)cc5)c(OCc5ccc(OCCCCCCCCCCCCCCCC)cc5)c4)c3)cc2OCc2ccc(OCCCCCCCCCCCCCCCC)cc2)cc1. The number of hydrogen-bond donors (Lipinski definition) is 2. The third kappa shape index (κ3) is 58.8. The number of methoxy groups -OCH3 is 1. The largest absolute Gasteiger partial charge is 0.494 e. The fourth-order valence-electron chi connectivity index (χ4n) is 18.6. The lowest BCUT2D eigenvalue weighted by Crippen LogP contribution is -2.52. The zero-order valence-corrected chi connectivity index (χ0v) is 94.0. The van der Waals surface area contributed by atoms with Crippen LogP contribution in [0.2, 0.25) is 0 Å². The number of nitrogens with one attached hydrogen (secondary N) is 2. The summed E-state index contributed by atoms with van der Waals surface area (Å²) in [7, 11) is 1.25. The summed E-state index contributed by atoms with van der Waals surface area (Å²) in [6.07, 6.45) is 73.1. The second kappa shape index (κ2) is 79.7. The van der Waals surface area contributed by atoms with E-state index in [0.29, 0.717) is 85.5 Å². The van der Waals surface area contributed by atoms with Crippen molar-refractivity contribution in [2.24, 2.45) is 0 Å². The first-order valence-electron chi connectivity index (χ1n) is 59.2. The minimum atomic E-state index is -1.10. The molecule has 826 valence electrons. The molecule has 2 atom stereocenters. The van der Waals surface area contributed by atoms with Gasteiger partial charge in [-0.15, -0.1) is 0 Å². The maximum absolute atomic E-state index is 13.8. The van der Waals surface area contributed by atoms with Crippen molar-refractivity contribution in [1.82, 2.24) is 10.6 Å². The Bertz CT molecular complexity index is 4470. The van der Waals surface area contributed by atoms with Crippen molar-refractivity contribution in [2.45, 2.75) is 485 Å². The van der Waals surface area contributed by atoms with Crippen molar-refractivity contribution >= 4 is 18.0 Å². The maximum Gasteiger partial charge on any atom is 0.408 e. The third-order valence-corrected chi connectivity index (χ3v) is 27.8. The van der Waals surface area contributed by atoms with Gasteiger partial charge in [0.15, 0.2) is 23.0 Å². The number of alkyl carbamates (subject to hydrolysis) is 1. The maximum atomic E-state index is 13.8. The van der Waals surface area contributed by atoms with Gasteiger partial charge in [0.25, 0.3) is 0 Å². The molecule has 149 heavy (non-hydrogen) atoms. The molecule has 2 amide bonds. The van der Waals surface area contributed by atoms with Gasteiger partial charge in [0.1, 0.15) is 104 Å². The standard InChI is InChI=1S/C131H196N2O16/c1-10-14-18-22-26-30-34-38-42-46-50-54-58-62-90-138-116-80-68-109(69-81-116)100-145-124-88-76-113(97-126(124)147-102-111-72-84-118(85-73-111)140-92-64-60-56-52-48-44-40-36-32-28-24-20-16-12-3)104-143-121-94-115(106-142-120-78-66-108(67-79-120)96-123(133-130(136)149-131(6,7)8)128(134)132-107(5)129(135)137-9)95-122(99-121)144-105-114-77-89-125(146-101-110-70-82-117(83-71-110)139-91-63-59-55-51-47-43-39-35-31-27-23-19-15-11-2)127(98-114)148-103-112-74-86-119(87-75-112)141-93-65-61-57-53-49-45-41-37-33-29-25-21-17-13-4/h66-89,94-95,97-99,107,123H,10-65,90-93,96,100-106H2,1-9H3,(H,132,134)(H,133,136). The highest BCUT2D eigenvalue weighted by Gasteiger charge is 2.28. The number of carbonyl (C=O) groups is 3. The van der Waals surface area contributed by atoms with E-state index >= 15 is 0 Å².